The Kier molecular flexibility index (Phi) is 3.67. The van der Waals surface area contributed by atoms with Gasteiger partial charge in [0, 0.05) is 12.7 Å². The molecule has 4 nitrogen and oxygen atoms in total. The minimum atomic E-state index is 0.235. The van der Waals surface area contributed by atoms with Gasteiger partial charge < -0.3 is 5.32 Å². The predicted molar refractivity (Wildman–Crippen MR) is 93.6 cm³/mol. The van der Waals surface area contributed by atoms with Crippen LogP contribution < -0.4 is 5.32 Å². The van der Waals surface area contributed by atoms with Crippen molar-refractivity contribution < 1.29 is 0 Å². The van der Waals surface area contributed by atoms with Crippen molar-refractivity contribution in [1.82, 2.24) is 15.0 Å². The molecule has 3 aromatic rings. The summed E-state index contributed by atoms with van der Waals surface area (Å²) in [6.07, 6.45) is 6.00. The van der Waals surface area contributed by atoms with E-state index in [0.717, 1.165) is 30.4 Å². The molecule has 0 radical (unpaired) electrons. The average molecular weight is 323 g/mol. The van der Waals surface area contributed by atoms with Crippen LogP contribution in [0, 0.1) is 0 Å². The molecule has 0 amide bonds. The monoisotopic (exact) mass is 322 g/mol. The molecule has 4 rings (SSSR count). The molecule has 0 fully saturated rings. The third-order valence-electron chi connectivity index (χ3n) is 4.05. The fraction of sp³-hybridized carbons (Fsp3) is 0.167. The standard InChI is InChI=1S/C18H15ClN4/c19-18-22-15-6-3-10-20-16(15)17(23-18)21-11-9-13-8-7-12-4-1-2-5-14(12)13/h1-6,8,10H,7,9,11H2,(H,21,22,23). The molecule has 0 saturated carbocycles. The van der Waals surface area contributed by atoms with Crippen LogP contribution in [0.15, 0.2) is 48.7 Å². The van der Waals surface area contributed by atoms with Crippen molar-refractivity contribution in [2.24, 2.45) is 0 Å². The van der Waals surface area contributed by atoms with Gasteiger partial charge in [0.1, 0.15) is 5.52 Å². The summed E-state index contributed by atoms with van der Waals surface area (Å²) in [4.78, 5) is 12.8. The van der Waals surface area contributed by atoms with Gasteiger partial charge in [-0.3, -0.25) is 4.98 Å². The Hall–Kier alpha value is -2.46. The molecular formula is C18H15ClN4. The Morgan fingerprint density at radius 3 is 2.96 bits per heavy atom. The van der Waals surface area contributed by atoms with Crippen LogP contribution in [0.2, 0.25) is 5.28 Å². The Morgan fingerprint density at radius 1 is 1.09 bits per heavy atom. The largest absolute Gasteiger partial charge is 0.368 e. The number of anilines is 1. The molecule has 114 valence electrons. The van der Waals surface area contributed by atoms with Crippen LogP contribution in [0.4, 0.5) is 5.82 Å². The molecule has 0 atom stereocenters. The molecule has 5 heteroatoms. The summed E-state index contributed by atoms with van der Waals surface area (Å²) < 4.78 is 0. The van der Waals surface area contributed by atoms with Gasteiger partial charge in [-0.25, -0.2) is 4.98 Å². The number of pyridine rings is 1. The number of aromatic nitrogens is 3. The van der Waals surface area contributed by atoms with Crippen molar-refractivity contribution in [1.29, 1.82) is 0 Å². The van der Waals surface area contributed by atoms with E-state index in [0.29, 0.717) is 5.82 Å². The topological polar surface area (TPSA) is 50.7 Å². The normalized spacial score (nSPS) is 13.0. The number of hydrogen-bond acceptors (Lipinski definition) is 4. The lowest BCUT2D eigenvalue weighted by molar-refractivity contribution is 1.06. The molecule has 0 unspecified atom stereocenters. The van der Waals surface area contributed by atoms with E-state index >= 15 is 0 Å². The van der Waals surface area contributed by atoms with E-state index in [4.69, 9.17) is 11.6 Å². The van der Waals surface area contributed by atoms with Crippen molar-refractivity contribution in [3.63, 3.8) is 0 Å². The quantitative estimate of drug-likeness (QED) is 0.734. The molecule has 1 aromatic carbocycles. The Morgan fingerprint density at radius 2 is 2.00 bits per heavy atom. The van der Waals surface area contributed by atoms with E-state index in [-0.39, 0.29) is 5.28 Å². The van der Waals surface area contributed by atoms with Gasteiger partial charge in [-0.15, -0.1) is 0 Å². The molecule has 0 bridgehead atoms. The van der Waals surface area contributed by atoms with Gasteiger partial charge in [0.2, 0.25) is 5.28 Å². The van der Waals surface area contributed by atoms with Crippen molar-refractivity contribution >= 4 is 34.0 Å². The Labute approximate surface area is 139 Å². The fourth-order valence-corrected chi connectivity index (χ4v) is 3.14. The van der Waals surface area contributed by atoms with Crippen LogP contribution in [0.25, 0.3) is 16.6 Å². The van der Waals surface area contributed by atoms with Gasteiger partial charge in [0.25, 0.3) is 0 Å². The molecular weight excluding hydrogens is 308 g/mol. The number of nitrogens with one attached hydrogen (secondary N) is 1. The molecule has 2 aromatic heterocycles. The number of hydrogen-bond donors (Lipinski definition) is 1. The van der Waals surface area contributed by atoms with Gasteiger partial charge in [0.15, 0.2) is 5.82 Å². The van der Waals surface area contributed by atoms with Crippen LogP contribution in [-0.2, 0) is 6.42 Å². The molecule has 1 aliphatic carbocycles. The van der Waals surface area contributed by atoms with E-state index in [1.54, 1.807) is 6.20 Å². The summed E-state index contributed by atoms with van der Waals surface area (Å²) in [6, 6.07) is 12.3. The van der Waals surface area contributed by atoms with Gasteiger partial charge in [-0.05, 0) is 53.3 Å². The molecule has 0 saturated heterocycles. The lowest BCUT2D eigenvalue weighted by Gasteiger charge is -2.09. The van der Waals surface area contributed by atoms with Crippen LogP contribution in [0.3, 0.4) is 0 Å². The van der Waals surface area contributed by atoms with Crippen LogP contribution in [0.5, 0.6) is 0 Å². The van der Waals surface area contributed by atoms with E-state index in [1.807, 2.05) is 12.1 Å². The van der Waals surface area contributed by atoms with E-state index in [2.05, 4.69) is 50.6 Å². The molecule has 1 aliphatic rings. The van der Waals surface area contributed by atoms with Crippen LogP contribution >= 0.6 is 11.6 Å². The number of halogens is 1. The zero-order chi connectivity index (χ0) is 15.6. The highest BCUT2D eigenvalue weighted by molar-refractivity contribution is 6.28. The number of allylic oxidation sites excluding steroid dienone is 1. The first-order valence-electron chi connectivity index (χ1n) is 7.61. The second-order valence-corrected chi connectivity index (χ2v) is 5.82. The van der Waals surface area contributed by atoms with E-state index < -0.39 is 0 Å². The maximum Gasteiger partial charge on any atom is 0.225 e. The third kappa shape index (κ3) is 2.78. The molecule has 1 N–H and O–H groups in total. The van der Waals surface area contributed by atoms with Crippen molar-refractivity contribution in [3.05, 3.63) is 65.1 Å². The number of fused-ring (bicyclic) bond motifs is 2. The summed E-state index contributed by atoms with van der Waals surface area (Å²) in [5.74, 6) is 0.687. The van der Waals surface area contributed by atoms with Crippen molar-refractivity contribution in [2.75, 3.05) is 11.9 Å². The maximum absolute atomic E-state index is 6.00. The minimum Gasteiger partial charge on any atom is -0.368 e. The average Bonchev–Trinajstić information content (AvgIpc) is 2.98. The Balaban J connectivity index is 1.51. The lowest BCUT2D eigenvalue weighted by atomic mass is 10.0. The second kappa shape index (κ2) is 5.97. The highest BCUT2D eigenvalue weighted by atomic mass is 35.5. The summed E-state index contributed by atoms with van der Waals surface area (Å²) >= 11 is 6.00. The predicted octanol–water partition coefficient (Wildman–Crippen LogP) is 4.12. The number of nitrogens with zero attached hydrogens (tertiary/aromatic N) is 3. The van der Waals surface area contributed by atoms with Crippen LogP contribution in [0.1, 0.15) is 17.5 Å². The zero-order valence-electron chi connectivity index (χ0n) is 12.5. The summed E-state index contributed by atoms with van der Waals surface area (Å²) in [5.41, 5.74) is 5.64. The highest BCUT2D eigenvalue weighted by Gasteiger charge is 2.13. The minimum absolute atomic E-state index is 0.235. The van der Waals surface area contributed by atoms with E-state index in [1.165, 1.54) is 16.7 Å². The fourth-order valence-electron chi connectivity index (χ4n) is 2.97. The lowest BCUT2D eigenvalue weighted by Crippen LogP contribution is -2.06. The summed E-state index contributed by atoms with van der Waals surface area (Å²) in [6.45, 7) is 0.777. The van der Waals surface area contributed by atoms with Crippen LogP contribution in [-0.4, -0.2) is 21.5 Å². The van der Waals surface area contributed by atoms with Crippen molar-refractivity contribution in [2.45, 2.75) is 12.8 Å². The van der Waals surface area contributed by atoms with Gasteiger partial charge in [-0.1, -0.05) is 30.3 Å². The highest BCUT2D eigenvalue weighted by Crippen LogP contribution is 2.29. The smallest absolute Gasteiger partial charge is 0.225 e. The summed E-state index contributed by atoms with van der Waals surface area (Å²) in [7, 11) is 0. The Bertz CT molecular complexity index is 904. The van der Waals surface area contributed by atoms with Gasteiger partial charge in [0.05, 0.1) is 5.52 Å². The molecule has 23 heavy (non-hydrogen) atoms. The SMILES string of the molecule is Clc1nc(NCCC2=CCc3ccccc32)c2ncccc2n1. The number of rotatable bonds is 4. The molecule has 2 heterocycles. The zero-order valence-corrected chi connectivity index (χ0v) is 13.2. The van der Waals surface area contributed by atoms with Gasteiger partial charge >= 0.3 is 0 Å². The van der Waals surface area contributed by atoms with Gasteiger partial charge in [-0.2, -0.15) is 4.98 Å². The first-order chi connectivity index (χ1) is 11.3. The third-order valence-corrected chi connectivity index (χ3v) is 4.21. The molecule has 0 aliphatic heterocycles. The number of benzene rings is 1. The first kappa shape index (κ1) is 14.2. The van der Waals surface area contributed by atoms with Crippen molar-refractivity contribution in [3.8, 4) is 0 Å². The maximum atomic E-state index is 6.00. The molecule has 0 spiro atoms. The first-order valence-corrected chi connectivity index (χ1v) is 7.98. The summed E-state index contributed by atoms with van der Waals surface area (Å²) in [5, 5.41) is 3.58. The van der Waals surface area contributed by atoms with E-state index in [9.17, 15) is 0 Å². The second-order valence-electron chi connectivity index (χ2n) is 5.48.